The van der Waals surface area contributed by atoms with Crippen molar-refractivity contribution < 1.29 is 89.4 Å². The molecule has 0 spiro atoms. The molecule has 508 valence electrons. The van der Waals surface area contributed by atoms with Crippen molar-refractivity contribution >= 4 is 5.91 Å². The second-order valence-corrected chi connectivity index (χ2v) is 23.9. The molecule has 3 rings (SSSR count). The predicted octanol–water partition coefficient (Wildman–Crippen LogP) is 8.32. The molecule has 0 radical (unpaired) electrons. The minimum Gasteiger partial charge on any atom is -0.394 e. The highest BCUT2D eigenvalue weighted by Gasteiger charge is 2.53. The highest BCUT2D eigenvalue weighted by atomic mass is 16.8. The average molecular weight is 1250 g/mol. The maximum Gasteiger partial charge on any atom is 0.220 e. The Bertz CT molecular complexity index is 1930. The number of hydrogen-bond donors (Lipinski definition) is 12. The van der Waals surface area contributed by atoms with Gasteiger partial charge < -0.3 is 89.9 Å². The maximum atomic E-state index is 13.3. The normalized spacial score (nSPS) is 28.9. The standard InChI is InChI=1S/C69H119NO18/c1-3-5-7-9-11-13-15-16-17-18-19-20-21-22-23-24-25-26-27-28-29-30-31-32-33-34-35-36-37-39-41-43-45-47-57(75)70-52(53(74)46-44-42-40-38-14-12-10-8-6-4-2)51-83-67-63(81)60(78)65(55(49-72)85-67)88-69-64(82)61(79)66(56(50-73)86-69)87-68-62(80)59(77)58(76)54(48-71)84-68/h5,7,11,13-14,16-17,19-20,22-23,38,44,46,52-56,58-69,71-74,76-82H,3-4,6,8-10,12,15,18,21,24-37,39-43,45,47-51H2,1-2H3,(H,70,75)/b7-5-,13-11-,17-16-,20-19-,23-22-,38-14+,46-44+. The van der Waals surface area contributed by atoms with E-state index in [1.165, 1.54) is 109 Å². The molecule has 12 N–H and O–H groups in total. The fraction of sp³-hybridized carbons (Fsp3) is 0.783. The van der Waals surface area contributed by atoms with E-state index in [0.29, 0.717) is 12.8 Å². The first-order chi connectivity index (χ1) is 42.8. The predicted molar refractivity (Wildman–Crippen MR) is 341 cm³/mol. The van der Waals surface area contributed by atoms with Crippen LogP contribution in [0.5, 0.6) is 0 Å². The van der Waals surface area contributed by atoms with Crippen LogP contribution in [0.4, 0.5) is 0 Å². The number of carbonyl (C=O) groups excluding carboxylic acids is 1. The van der Waals surface area contributed by atoms with Gasteiger partial charge >= 0.3 is 0 Å². The highest BCUT2D eigenvalue weighted by molar-refractivity contribution is 5.76. The molecule has 0 aromatic rings. The molecule has 3 saturated heterocycles. The van der Waals surface area contributed by atoms with E-state index in [2.05, 4.69) is 92.1 Å². The van der Waals surface area contributed by atoms with Crippen LogP contribution in [0.25, 0.3) is 0 Å². The molecule has 0 aliphatic carbocycles. The van der Waals surface area contributed by atoms with Crippen molar-refractivity contribution in [3.05, 3.63) is 85.1 Å². The Kier molecular flexibility index (Phi) is 45.5. The van der Waals surface area contributed by atoms with Crippen LogP contribution in [0.2, 0.25) is 0 Å². The summed E-state index contributed by atoms with van der Waals surface area (Å²) in [5, 5.41) is 120. The van der Waals surface area contributed by atoms with Gasteiger partial charge in [0.25, 0.3) is 0 Å². The molecule has 3 aliphatic rings. The Morgan fingerprint density at radius 2 is 0.795 bits per heavy atom. The number of aliphatic hydroxyl groups excluding tert-OH is 11. The van der Waals surface area contributed by atoms with Crippen LogP contribution >= 0.6 is 0 Å². The van der Waals surface area contributed by atoms with Crippen molar-refractivity contribution in [3.8, 4) is 0 Å². The third-order valence-electron chi connectivity index (χ3n) is 16.4. The first kappa shape index (κ1) is 79.2. The third kappa shape index (κ3) is 32.5. The lowest BCUT2D eigenvalue weighted by Gasteiger charge is -2.48. The summed E-state index contributed by atoms with van der Waals surface area (Å²) in [6.45, 7) is 1.54. The van der Waals surface area contributed by atoms with Crippen LogP contribution in [0.1, 0.15) is 213 Å². The van der Waals surface area contributed by atoms with Crippen molar-refractivity contribution in [3.63, 3.8) is 0 Å². The second kappa shape index (κ2) is 50.5. The van der Waals surface area contributed by atoms with E-state index in [9.17, 15) is 61.0 Å². The van der Waals surface area contributed by atoms with Crippen molar-refractivity contribution in [1.82, 2.24) is 5.32 Å². The molecule has 17 atom stereocenters. The van der Waals surface area contributed by atoms with Crippen LogP contribution in [0.15, 0.2) is 85.1 Å². The average Bonchev–Trinajstić information content (AvgIpc) is 1.83. The number of ether oxygens (including phenoxy) is 6. The SMILES string of the molecule is CC/C=C\C/C=C\C/C=C\C/C=C\C/C=C\CCCCCCCCCCCCCCCCCCCC(=O)NC(COC1OC(CO)C(OC2OC(CO)C(OC3OC(CO)C(O)C(O)C3O)C(O)C2O)C(O)C1O)C(O)/C=C/CC/C=C/CCCCCC. The van der Waals surface area contributed by atoms with E-state index < -0.39 is 124 Å². The summed E-state index contributed by atoms with van der Waals surface area (Å²) < 4.78 is 34.2. The molecule has 3 fully saturated rings. The zero-order valence-corrected chi connectivity index (χ0v) is 53.4. The van der Waals surface area contributed by atoms with Gasteiger partial charge in [-0.15, -0.1) is 0 Å². The monoisotopic (exact) mass is 1250 g/mol. The molecule has 0 bridgehead atoms. The minimum absolute atomic E-state index is 0.232. The van der Waals surface area contributed by atoms with Gasteiger partial charge in [0.1, 0.15) is 73.2 Å². The lowest BCUT2D eigenvalue weighted by Crippen LogP contribution is -2.66. The number of allylic oxidation sites excluding steroid dienone is 13. The summed E-state index contributed by atoms with van der Waals surface area (Å²) in [4.78, 5) is 13.3. The van der Waals surface area contributed by atoms with Gasteiger partial charge in [0.2, 0.25) is 5.91 Å². The van der Waals surface area contributed by atoms with Gasteiger partial charge in [0, 0.05) is 6.42 Å². The summed E-state index contributed by atoms with van der Waals surface area (Å²) >= 11 is 0. The molecule has 3 aliphatic heterocycles. The van der Waals surface area contributed by atoms with E-state index in [0.717, 1.165) is 70.6 Å². The van der Waals surface area contributed by atoms with Gasteiger partial charge in [0.05, 0.1) is 38.6 Å². The summed E-state index contributed by atoms with van der Waals surface area (Å²) in [6.07, 6.45) is 37.4. The quantitative estimate of drug-likeness (QED) is 0.0201. The molecule has 19 heteroatoms. The summed E-state index contributed by atoms with van der Waals surface area (Å²) in [7, 11) is 0. The van der Waals surface area contributed by atoms with E-state index in [4.69, 9.17) is 28.4 Å². The minimum atomic E-state index is -1.98. The number of amides is 1. The first-order valence-electron chi connectivity index (χ1n) is 33.8. The zero-order chi connectivity index (χ0) is 64.0. The molecule has 0 aromatic carbocycles. The van der Waals surface area contributed by atoms with Crippen molar-refractivity contribution in [2.45, 2.75) is 317 Å². The van der Waals surface area contributed by atoms with Crippen LogP contribution in [-0.4, -0.2) is 193 Å². The van der Waals surface area contributed by atoms with Gasteiger partial charge in [-0.3, -0.25) is 4.79 Å². The van der Waals surface area contributed by atoms with Gasteiger partial charge in [-0.25, -0.2) is 0 Å². The van der Waals surface area contributed by atoms with Gasteiger partial charge in [-0.05, 0) is 77.0 Å². The van der Waals surface area contributed by atoms with Crippen molar-refractivity contribution in [1.29, 1.82) is 0 Å². The lowest BCUT2D eigenvalue weighted by molar-refractivity contribution is -0.379. The zero-order valence-electron chi connectivity index (χ0n) is 53.4. The van der Waals surface area contributed by atoms with Gasteiger partial charge in [0.15, 0.2) is 18.9 Å². The molecule has 3 heterocycles. The van der Waals surface area contributed by atoms with Crippen LogP contribution in [-0.2, 0) is 33.2 Å². The van der Waals surface area contributed by atoms with Gasteiger partial charge in [-0.1, -0.05) is 214 Å². The Hall–Kier alpha value is -3.03. The number of aliphatic hydroxyl groups is 11. The lowest BCUT2D eigenvalue weighted by atomic mass is 9.96. The number of nitrogens with one attached hydrogen (secondary N) is 1. The second-order valence-electron chi connectivity index (χ2n) is 23.9. The van der Waals surface area contributed by atoms with E-state index in [1.807, 2.05) is 6.08 Å². The number of unbranched alkanes of at least 4 members (excludes halogenated alkanes) is 22. The summed E-state index contributed by atoms with van der Waals surface area (Å²) in [6, 6.07) is -0.991. The fourth-order valence-electron chi connectivity index (χ4n) is 10.9. The Labute approximate surface area is 527 Å². The molecular formula is C69H119NO18. The molecule has 0 aromatic heterocycles. The topological polar surface area (TPSA) is 307 Å². The Balaban J connectivity index is 1.34. The molecule has 1 amide bonds. The molecule has 88 heavy (non-hydrogen) atoms. The van der Waals surface area contributed by atoms with Gasteiger partial charge in [-0.2, -0.15) is 0 Å². The largest absolute Gasteiger partial charge is 0.394 e. The third-order valence-corrected chi connectivity index (χ3v) is 16.4. The summed E-state index contributed by atoms with van der Waals surface area (Å²) in [5.74, 6) is -0.290. The number of carbonyl (C=O) groups is 1. The van der Waals surface area contributed by atoms with Crippen LogP contribution in [0.3, 0.4) is 0 Å². The first-order valence-corrected chi connectivity index (χ1v) is 33.8. The number of hydrogen-bond acceptors (Lipinski definition) is 18. The smallest absolute Gasteiger partial charge is 0.220 e. The van der Waals surface area contributed by atoms with Crippen molar-refractivity contribution in [2.75, 3.05) is 26.4 Å². The molecular weight excluding hydrogens is 1130 g/mol. The summed E-state index contributed by atoms with van der Waals surface area (Å²) in [5.41, 5.74) is 0. The molecule has 0 saturated carbocycles. The molecule has 17 unspecified atom stereocenters. The Morgan fingerprint density at radius 3 is 1.27 bits per heavy atom. The van der Waals surface area contributed by atoms with E-state index in [-0.39, 0.29) is 18.9 Å². The van der Waals surface area contributed by atoms with Crippen LogP contribution < -0.4 is 5.32 Å². The fourth-order valence-corrected chi connectivity index (χ4v) is 10.9. The van der Waals surface area contributed by atoms with E-state index >= 15 is 0 Å². The van der Waals surface area contributed by atoms with E-state index in [1.54, 1.807) is 6.08 Å². The highest BCUT2D eigenvalue weighted by Crippen LogP contribution is 2.33. The maximum absolute atomic E-state index is 13.3. The Morgan fingerprint density at radius 1 is 0.420 bits per heavy atom. The van der Waals surface area contributed by atoms with Crippen molar-refractivity contribution in [2.24, 2.45) is 0 Å². The molecule has 19 nitrogen and oxygen atoms in total. The number of rotatable bonds is 50. The van der Waals surface area contributed by atoms with Crippen LogP contribution in [0, 0.1) is 0 Å².